The van der Waals surface area contributed by atoms with Crippen LogP contribution in [-0.2, 0) is 9.53 Å². The molecule has 0 bridgehead atoms. The zero-order valence-corrected chi connectivity index (χ0v) is 11.8. The molecule has 1 fully saturated rings. The van der Waals surface area contributed by atoms with E-state index in [0.717, 1.165) is 30.8 Å². The zero-order chi connectivity index (χ0) is 13.9. The molecular formula is C15H22N2O2. The van der Waals surface area contributed by atoms with Crippen molar-refractivity contribution in [2.24, 2.45) is 0 Å². The summed E-state index contributed by atoms with van der Waals surface area (Å²) in [7, 11) is 0. The van der Waals surface area contributed by atoms with Crippen LogP contribution in [0, 0.1) is 0 Å². The second kappa shape index (κ2) is 5.61. The van der Waals surface area contributed by atoms with Gasteiger partial charge in [-0.3, -0.25) is 4.79 Å². The van der Waals surface area contributed by atoms with E-state index in [1.54, 1.807) is 0 Å². The molecule has 1 heterocycles. The molecule has 1 amide bonds. The highest BCUT2D eigenvalue weighted by atomic mass is 16.5. The molecule has 0 aliphatic carbocycles. The summed E-state index contributed by atoms with van der Waals surface area (Å²) in [6, 6.07) is 8.25. The van der Waals surface area contributed by atoms with E-state index in [0.29, 0.717) is 6.04 Å². The second-order valence-corrected chi connectivity index (χ2v) is 5.70. The van der Waals surface area contributed by atoms with Crippen molar-refractivity contribution in [1.82, 2.24) is 0 Å². The number of ether oxygens (including phenoxy) is 1. The molecule has 1 saturated heterocycles. The van der Waals surface area contributed by atoms with Gasteiger partial charge in [-0.2, -0.15) is 0 Å². The van der Waals surface area contributed by atoms with Gasteiger partial charge in [0.15, 0.2) is 0 Å². The number of rotatable bonds is 3. The van der Waals surface area contributed by atoms with Crippen LogP contribution in [-0.4, -0.2) is 24.2 Å². The number of nitrogens with one attached hydrogen (secondary N) is 2. The molecule has 2 N–H and O–H groups in total. The zero-order valence-electron chi connectivity index (χ0n) is 11.8. The first-order valence-corrected chi connectivity index (χ1v) is 6.73. The maximum atomic E-state index is 10.9. The molecule has 1 aromatic carbocycles. The summed E-state index contributed by atoms with van der Waals surface area (Å²) in [5.74, 6) is -0.0492. The summed E-state index contributed by atoms with van der Waals surface area (Å²) in [6.07, 6.45) is 2.03. The van der Waals surface area contributed by atoms with Crippen molar-refractivity contribution >= 4 is 17.3 Å². The van der Waals surface area contributed by atoms with E-state index in [1.165, 1.54) is 6.92 Å². The van der Waals surface area contributed by atoms with E-state index in [1.807, 2.05) is 24.3 Å². The Labute approximate surface area is 114 Å². The molecule has 1 aliphatic heterocycles. The number of benzene rings is 1. The average Bonchev–Trinajstić information content (AvgIpc) is 2.30. The van der Waals surface area contributed by atoms with Gasteiger partial charge in [-0.15, -0.1) is 0 Å². The summed E-state index contributed by atoms with van der Waals surface area (Å²) >= 11 is 0. The SMILES string of the molecule is CC(=O)Nc1ccc(NC2CCOC(C)(C)C2)cc1. The number of amides is 1. The van der Waals surface area contributed by atoms with E-state index < -0.39 is 0 Å². The van der Waals surface area contributed by atoms with Gasteiger partial charge in [0, 0.05) is 30.9 Å². The molecular weight excluding hydrogens is 240 g/mol. The Hall–Kier alpha value is -1.55. The highest BCUT2D eigenvalue weighted by Crippen LogP contribution is 2.26. The Kier molecular flexibility index (Phi) is 4.10. The van der Waals surface area contributed by atoms with E-state index in [2.05, 4.69) is 24.5 Å². The molecule has 1 aromatic rings. The van der Waals surface area contributed by atoms with Crippen LogP contribution in [0.25, 0.3) is 0 Å². The van der Waals surface area contributed by atoms with Crippen LogP contribution in [0.15, 0.2) is 24.3 Å². The lowest BCUT2D eigenvalue weighted by atomic mass is 9.94. The van der Waals surface area contributed by atoms with Crippen LogP contribution in [0.5, 0.6) is 0 Å². The maximum absolute atomic E-state index is 10.9. The molecule has 2 rings (SSSR count). The smallest absolute Gasteiger partial charge is 0.221 e. The lowest BCUT2D eigenvalue weighted by molar-refractivity contribution is -0.114. The monoisotopic (exact) mass is 262 g/mol. The first-order chi connectivity index (χ1) is 8.94. The van der Waals surface area contributed by atoms with Gasteiger partial charge in [0.2, 0.25) is 5.91 Å². The van der Waals surface area contributed by atoms with Crippen molar-refractivity contribution in [3.05, 3.63) is 24.3 Å². The normalized spacial score (nSPS) is 21.7. The lowest BCUT2D eigenvalue weighted by Crippen LogP contribution is -2.40. The molecule has 1 atom stereocenters. The minimum absolute atomic E-state index is 0.0492. The van der Waals surface area contributed by atoms with Gasteiger partial charge in [0.1, 0.15) is 0 Å². The third-order valence-corrected chi connectivity index (χ3v) is 3.27. The average molecular weight is 262 g/mol. The second-order valence-electron chi connectivity index (χ2n) is 5.70. The summed E-state index contributed by atoms with van der Waals surface area (Å²) in [6.45, 7) is 6.56. The maximum Gasteiger partial charge on any atom is 0.221 e. The van der Waals surface area contributed by atoms with Crippen molar-refractivity contribution in [3.8, 4) is 0 Å². The van der Waals surface area contributed by atoms with Crippen LogP contribution in [0.4, 0.5) is 11.4 Å². The van der Waals surface area contributed by atoms with Gasteiger partial charge in [-0.25, -0.2) is 0 Å². The molecule has 0 spiro atoms. The largest absolute Gasteiger partial charge is 0.382 e. The fraction of sp³-hybridized carbons (Fsp3) is 0.533. The Bertz CT molecular complexity index is 440. The highest BCUT2D eigenvalue weighted by Gasteiger charge is 2.28. The standard InChI is InChI=1S/C15H22N2O2/c1-11(18)16-12-4-6-13(7-5-12)17-14-8-9-19-15(2,3)10-14/h4-7,14,17H,8-10H2,1-3H3,(H,16,18). The Morgan fingerprint density at radius 2 is 1.89 bits per heavy atom. The van der Waals surface area contributed by atoms with E-state index in [-0.39, 0.29) is 11.5 Å². The van der Waals surface area contributed by atoms with Crippen LogP contribution in [0.1, 0.15) is 33.6 Å². The quantitative estimate of drug-likeness (QED) is 0.880. The van der Waals surface area contributed by atoms with Crippen molar-refractivity contribution in [2.75, 3.05) is 17.2 Å². The molecule has 1 aliphatic rings. The summed E-state index contributed by atoms with van der Waals surface area (Å²) in [5, 5.41) is 6.29. The minimum atomic E-state index is -0.0496. The fourth-order valence-corrected chi connectivity index (χ4v) is 2.44. The molecule has 4 nitrogen and oxygen atoms in total. The summed E-state index contributed by atoms with van der Waals surface area (Å²) < 4.78 is 5.71. The molecule has 1 unspecified atom stereocenters. The Morgan fingerprint density at radius 1 is 1.26 bits per heavy atom. The summed E-state index contributed by atoms with van der Waals surface area (Å²) in [4.78, 5) is 10.9. The molecule has 0 aromatic heterocycles. The molecule has 104 valence electrons. The number of hydrogen-bond donors (Lipinski definition) is 2. The van der Waals surface area contributed by atoms with E-state index in [9.17, 15) is 4.79 Å². The number of hydrogen-bond acceptors (Lipinski definition) is 3. The van der Waals surface area contributed by atoms with Gasteiger partial charge in [-0.1, -0.05) is 0 Å². The topological polar surface area (TPSA) is 50.4 Å². The first kappa shape index (κ1) is 13.9. The summed E-state index contributed by atoms with van der Waals surface area (Å²) in [5.41, 5.74) is 1.86. The number of carbonyl (C=O) groups excluding carboxylic acids is 1. The molecule has 0 saturated carbocycles. The van der Waals surface area contributed by atoms with Gasteiger partial charge >= 0.3 is 0 Å². The van der Waals surface area contributed by atoms with Gasteiger partial charge in [0.05, 0.1) is 5.60 Å². The van der Waals surface area contributed by atoms with E-state index in [4.69, 9.17) is 4.74 Å². The van der Waals surface area contributed by atoms with Gasteiger partial charge in [-0.05, 0) is 51.0 Å². The Balaban J connectivity index is 1.94. The van der Waals surface area contributed by atoms with E-state index >= 15 is 0 Å². The van der Waals surface area contributed by atoms with Crippen LogP contribution in [0.3, 0.4) is 0 Å². The molecule has 19 heavy (non-hydrogen) atoms. The minimum Gasteiger partial charge on any atom is -0.382 e. The van der Waals surface area contributed by atoms with Crippen molar-refractivity contribution in [3.63, 3.8) is 0 Å². The van der Waals surface area contributed by atoms with Gasteiger partial charge < -0.3 is 15.4 Å². The van der Waals surface area contributed by atoms with Crippen LogP contribution >= 0.6 is 0 Å². The lowest BCUT2D eigenvalue weighted by Gasteiger charge is -2.36. The number of anilines is 2. The third-order valence-electron chi connectivity index (χ3n) is 3.27. The first-order valence-electron chi connectivity index (χ1n) is 6.73. The van der Waals surface area contributed by atoms with Crippen molar-refractivity contribution in [1.29, 1.82) is 0 Å². The van der Waals surface area contributed by atoms with Crippen LogP contribution < -0.4 is 10.6 Å². The third kappa shape index (κ3) is 4.24. The van der Waals surface area contributed by atoms with Crippen LogP contribution in [0.2, 0.25) is 0 Å². The van der Waals surface area contributed by atoms with Gasteiger partial charge in [0.25, 0.3) is 0 Å². The predicted octanol–water partition coefficient (Wildman–Crippen LogP) is 3.01. The molecule has 0 radical (unpaired) electrons. The number of carbonyl (C=O) groups is 1. The predicted molar refractivity (Wildman–Crippen MR) is 77.4 cm³/mol. The van der Waals surface area contributed by atoms with Crippen molar-refractivity contribution in [2.45, 2.75) is 45.3 Å². The van der Waals surface area contributed by atoms with Crippen molar-refractivity contribution < 1.29 is 9.53 Å². The highest BCUT2D eigenvalue weighted by molar-refractivity contribution is 5.88. The Morgan fingerprint density at radius 3 is 2.47 bits per heavy atom. The fourth-order valence-electron chi connectivity index (χ4n) is 2.44. The molecule has 4 heteroatoms.